The number of benzene rings is 2. The van der Waals surface area contributed by atoms with Crippen LogP contribution in [0.4, 0.5) is 13.2 Å². The van der Waals surface area contributed by atoms with Crippen LogP contribution in [-0.2, 0) is 5.60 Å². The van der Waals surface area contributed by atoms with Gasteiger partial charge in [0, 0.05) is 22.3 Å². The molecule has 0 bridgehead atoms. The van der Waals surface area contributed by atoms with Gasteiger partial charge in [0.1, 0.15) is 6.26 Å². The van der Waals surface area contributed by atoms with E-state index < -0.39 is 11.8 Å². The van der Waals surface area contributed by atoms with Crippen molar-refractivity contribution in [2.45, 2.75) is 11.8 Å². The first kappa shape index (κ1) is 14.0. The zero-order chi connectivity index (χ0) is 16.2. The summed E-state index contributed by atoms with van der Waals surface area (Å²) in [6.07, 6.45) is -2.07. The maximum absolute atomic E-state index is 13.7. The van der Waals surface area contributed by atoms with Crippen LogP contribution in [0.1, 0.15) is 11.1 Å². The molecule has 1 N–H and O–H groups in total. The van der Waals surface area contributed by atoms with Crippen molar-refractivity contribution in [1.29, 1.82) is 0 Å². The Bertz CT molecular complexity index is 887. The second-order valence-electron chi connectivity index (χ2n) is 5.32. The Labute approximate surface area is 129 Å². The Morgan fingerprint density at radius 3 is 2.35 bits per heavy atom. The van der Waals surface area contributed by atoms with Gasteiger partial charge in [-0.2, -0.15) is 13.2 Å². The highest BCUT2D eigenvalue weighted by molar-refractivity contribution is 5.90. The molecule has 0 radical (unpaired) electrons. The van der Waals surface area contributed by atoms with E-state index in [1.54, 1.807) is 18.2 Å². The smallest absolute Gasteiger partial charge is 0.425 e. The predicted molar refractivity (Wildman–Crippen MR) is 76.4 cm³/mol. The molecule has 3 aromatic rings. The second kappa shape index (κ2) is 4.45. The quantitative estimate of drug-likeness (QED) is 0.734. The molecule has 1 aliphatic carbocycles. The lowest BCUT2D eigenvalue weighted by atomic mass is 9.90. The molecule has 0 aliphatic heterocycles. The van der Waals surface area contributed by atoms with Crippen molar-refractivity contribution >= 4 is 0 Å². The maximum atomic E-state index is 13.7. The predicted octanol–water partition coefficient (Wildman–Crippen LogP) is 4.12. The molecule has 23 heavy (non-hydrogen) atoms. The molecular weight excluding hydrogens is 307 g/mol. The van der Waals surface area contributed by atoms with Crippen molar-refractivity contribution < 1.29 is 22.7 Å². The fourth-order valence-electron chi connectivity index (χ4n) is 3.15. The molecule has 116 valence electrons. The van der Waals surface area contributed by atoms with Gasteiger partial charge in [0.15, 0.2) is 0 Å². The summed E-state index contributed by atoms with van der Waals surface area (Å²) < 4.78 is 46.3. The van der Waals surface area contributed by atoms with E-state index in [9.17, 15) is 18.3 Å². The van der Waals surface area contributed by atoms with Gasteiger partial charge < -0.3 is 9.52 Å². The summed E-state index contributed by atoms with van der Waals surface area (Å²) in [5.74, 6) is 0.211. The summed E-state index contributed by atoms with van der Waals surface area (Å²) in [6.45, 7) is 0. The highest BCUT2D eigenvalue weighted by Gasteiger charge is 2.61. The molecule has 0 spiro atoms. The highest BCUT2D eigenvalue weighted by Crippen LogP contribution is 2.56. The van der Waals surface area contributed by atoms with Crippen LogP contribution in [0.3, 0.4) is 0 Å². The minimum atomic E-state index is -4.84. The zero-order valence-electron chi connectivity index (χ0n) is 11.6. The molecule has 1 unspecified atom stereocenters. The molecule has 0 fully saturated rings. The molecule has 0 saturated heterocycles. The van der Waals surface area contributed by atoms with Crippen molar-refractivity contribution in [3.8, 4) is 22.6 Å². The van der Waals surface area contributed by atoms with Crippen molar-refractivity contribution in [1.82, 2.24) is 4.98 Å². The summed E-state index contributed by atoms with van der Waals surface area (Å²) in [7, 11) is 0. The second-order valence-corrected chi connectivity index (χ2v) is 5.32. The molecule has 0 amide bonds. The van der Waals surface area contributed by atoms with Gasteiger partial charge in [-0.25, -0.2) is 4.98 Å². The van der Waals surface area contributed by atoms with E-state index in [4.69, 9.17) is 4.42 Å². The third-order valence-corrected chi connectivity index (χ3v) is 4.11. The van der Waals surface area contributed by atoms with Crippen LogP contribution in [-0.4, -0.2) is 16.3 Å². The number of nitrogens with zero attached hydrogens (tertiary/aromatic N) is 1. The van der Waals surface area contributed by atoms with Crippen LogP contribution in [0.15, 0.2) is 59.3 Å². The van der Waals surface area contributed by atoms with Crippen LogP contribution in [0, 0.1) is 0 Å². The minimum absolute atomic E-state index is 0.179. The van der Waals surface area contributed by atoms with Gasteiger partial charge in [-0.1, -0.05) is 36.4 Å². The standard InChI is InChI=1S/C17H10F3NO2/c18-17(19,20)16(22)12-6-2-1-4-10(12)14-11(5-3-7-13(14)16)15-21-8-9-23-15/h1-9,22H. The Kier molecular flexibility index (Phi) is 2.72. The average molecular weight is 317 g/mol. The minimum Gasteiger partial charge on any atom is -0.445 e. The molecular formula is C17H10F3NO2. The van der Waals surface area contributed by atoms with E-state index in [0.717, 1.165) is 0 Å². The lowest BCUT2D eigenvalue weighted by molar-refractivity contribution is -0.246. The number of oxazole rings is 1. The highest BCUT2D eigenvalue weighted by atomic mass is 19.4. The van der Waals surface area contributed by atoms with Gasteiger partial charge >= 0.3 is 6.18 Å². The molecule has 3 nitrogen and oxygen atoms in total. The summed E-state index contributed by atoms with van der Waals surface area (Å²) in [6, 6.07) is 10.3. The van der Waals surface area contributed by atoms with Crippen LogP contribution in [0.2, 0.25) is 0 Å². The zero-order valence-corrected chi connectivity index (χ0v) is 11.6. The van der Waals surface area contributed by atoms with Crippen molar-refractivity contribution in [3.63, 3.8) is 0 Å². The van der Waals surface area contributed by atoms with Gasteiger partial charge in [-0.3, -0.25) is 0 Å². The van der Waals surface area contributed by atoms with Gasteiger partial charge in [0.05, 0.1) is 6.20 Å². The van der Waals surface area contributed by atoms with E-state index in [0.29, 0.717) is 16.7 Å². The summed E-state index contributed by atoms with van der Waals surface area (Å²) in [5.41, 5.74) is -2.38. The SMILES string of the molecule is OC1(C(F)(F)F)c2ccccc2-c2c(-c3ncco3)cccc21. The molecule has 0 saturated carbocycles. The van der Waals surface area contributed by atoms with Crippen molar-refractivity contribution in [2.75, 3.05) is 0 Å². The van der Waals surface area contributed by atoms with Crippen LogP contribution >= 0.6 is 0 Å². The summed E-state index contributed by atoms with van der Waals surface area (Å²) >= 11 is 0. The van der Waals surface area contributed by atoms with E-state index in [2.05, 4.69) is 4.98 Å². The average Bonchev–Trinajstić information content (AvgIpc) is 3.14. The largest absolute Gasteiger partial charge is 0.445 e. The topological polar surface area (TPSA) is 46.3 Å². The molecule has 1 aliphatic rings. The maximum Gasteiger partial charge on any atom is 0.425 e. The van der Waals surface area contributed by atoms with E-state index in [-0.39, 0.29) is 17.0 Å². The summed E-state index contributed by atoms with van der Waals surface area (Å²) in [4.78, 5) is 4.02. The number of rotatable bonds is 1. The lowest BCUT2D eigenvalue weighted by Crippen LogP contribution is -2.41. The molecule has 1 heterocycles. The number of halogens is 3. The van der Waals surface area contributed by atoms with E-state index in [1.807, 2.05) is 0 Å². The number of hydrogen-bond acceptors (Lipinski definition) is 3. The normalized spacial score (nSPS) is 19.5. The van der Waals surface area contributed by atoms with Crippen molar-refractivity contribution in [2.24, 2.45) is 0 Å². The monoisotopic (exact) mass is 317 g/mol. The fraction of sp³-hybridized carbons (Fsp3) is 0.118. The van der Waals surface area contributed by atoms with Gasteiger partial charge in [0.2, 0.25) is 11.5 Å². The third-order valence-electron chi connectivity index (χ3n) is 4.11. The molecule has 1 aromatic heterocycles. The third kappa shape index (κ3) is 1.72. The Morgan fingerprint density at radius 2 is 1.65 bits per heavy atom. The number of fused-ring (bicyclic) bond motifs is 3. The van der Waals surface area contributed by atoms with Crippen molar-refractivity contribution in [3.05, 3.63) is 66.1 Å². The Morgan fingerprint density at radius 1 is 0.957 bits per heavy atom. The Hall–Kier alpha value is -2.60. The van der Waals surface area contributed by atoms with Crippen LogP contribution in [0.5, 0.6) is 0 Å². The van der Waals surface area contributed by atoms with Gasteiger partial charge in [0.25, 0.3) is 0 Å². The van der Waals surface area contributed by atoms with Gasteiger partial charge in [-0.15, -0.1) is 0 Å². The molecule has 4 rings (SSSR count). The van der Waals surface area contributed by atoms with Crippen LogP contribution < -0.4 is 0 Å². The number of aliphatic hydroxyl groups is 1. The summed E-state index contributed by atoms with van der Waals surface area (Å²) in [5, 5.41) is 10.6. The number of alkyl halides is 3. The Balaban J connectivity index is 2.12. The van der Waals surface area contributed by atoms with E-state index in [1.165, 1.54) is 36.7 Å². The first-order valence-electron chi connectivity index (χ1n) is 6.87. The van der Waals surface area contributed by atoms with E-state index >= 15 is 0 Å². The van der Waals surface area contributed by atoms with Gasteiger partial charge in [-0.05, 0) is 11.6 Å². The molecule has 6 heteroatoms. The number of hydrogen-bond donors (Lipinski definition) is 1. The molecule has 2 aromatic carbocycles. The first-order valence-corrected chi connectivity index (χ1v) is 6.87. The lowest BCUT2D eigenvalue weighted by Gasteiger charge is -2.28. The fourth-order valence-corrected chi connectivity index (χ4v) is 3.15. The van der Waals surface area contributed by atoms with Crippen LogP contribution in [0.25, 0.3) is 22.6 Å². The number of aromatic nitrogens is 1. The molecule has 1 atom stereocenters. The first-order chi connectivity index (χ1) is 10.9.